The molecule has 0 N–H and O–H groups in total. The molecule has 1 heterocycles. The van der Waals surface area contributed by atoms with Gasteiger partial charge in [-0.1, -0.05) is 30.3 Å². The summed E-state index contributed by atoms with van der Waals surface area (Å²) in [5, 5.41) is 9.33. The molecule has 4 rings (SSSR count). The predicted octanol–water partition coefficient (Wildman–Crippen LogP) is 5.19. The summed E-state index contributed by atoms with van der Waals surface area (Å²) in [4.78, 5) is 4.52. The summed E-state index contributed by atoms with van der Waals surface area (Å²) in [6, 6.07) is 16.9. The first-order valence-electron chi connectivity index (χ1n) is 11.9. The highest BCUT2D eigenvalue weighted by molar-refractivity contribution is 7.90. The minimum Gasteiger partial charge on any atom is -0.368 e. The number of benzene rings is 2. The molecular weight excluding hydrogens is 475 g/mol. The third-order valence-electron chi connectivity index (χ3n) is 7.33. The van der Waals surface area contributed by atoms with E-state index in [-0.39, 0.29) is 35.3 Å². The van der Waals surface area contributed by atoms with Crippen molar-refractivity contribution in [2.24, 2.45) is 11.8 Å². The molecule has 1 saturated heterocycles. The number of nitriles is 1. The van der Waals surface area contributed by atoms with Gasteiger partial charge in [0.2, 0.25) is 0 Å². The molecule has 0 bridgehead atoms. The van der Waals surface area contributed by atoms with E-state index in [1.807, 2.05) is 24.3 Å². The number of sulfone groups is 1. The van der Waals surface area contributed by atoms with Crippen molar-refractivity contribution in [2.45, 2.75) is 42.8 Å². The van der Waals surface area contributed by atoms with E-state index in [0.29, 0.717) is 32.5 Å². The molecule has 5 nitrogen and oxygen atoms in total. The van der Waals surface area contributed by atoms with E-state index in [2.05, 4.69) is 21.9 Å². The average Bonchev–Trinajstić information content (AvgIpc) is 2.83. The Morgan fingerprint density at radius 3 is 2.31 bits per heavy atom. The Morgan fingerprint density at radius 1 is 1.03 bits per heavy atom. The Morgan fingerprint density at radius 2 is 1.71 bits per heavy atom. The zero-order valence-electron chi connectivity index (χ0n) is 19.7. The van der Waals surface area contributed by atoms with Crippen molar-refractivity contribution in [3.63, 3.8) is 0 Å². The topological polar surface area (TPSA) is 64.4 Å². The second-order valence-corrected chi connectivity index (χ2v) is 11.7. The van der Waals surface area contributed by atoms with Crippen LogP contribution in [0.15, 0.2) is 53.4 Å². The third-order valence-corrected chi connectivity index (χ3v) is 8.46. The molecule has 2 aromatic carbocycles. The van der Waals surface area contributed by atoms with Crippen LogP contribution in [-0.4, -0.2) is 51.9 Å². The number of hydrogen-bond acceptors (Lipinski definition) is 5. The summed E-state index contributed by atoms with van der Waals surface area (Å²) in [5.74, 6) is -0.945. The van der Waals surface area contributed by atoms with Crippen molar-refractivity contribution in [3.8, 4) is 6.07 Å². The van der Waals surface area contributed by atoms with Gasteiger partial charge in [0.15, 0.2) is 9.84 Å². The van der Waals surface area contributed by atoms with Gasteiger partial charge in [0, 0.05) is 38.1 Å². The van der Waals surface area contributed by atoms with Crippen LogP contribution in [0.4, 0.5) is 18.9 Å². The number of rotatable bonds is 5. The number of halogens is 3. The van der Waals surface area contributed by atoms with Crippen molar-refractivity contribution in [3.05, 3.63) is 59.7 Å². The maximum Gasteiger partial charge on any atom is 0.391 e. The molecule has 2 aliphatic rings. The van der Waals surface area contributed by atoms with Crippen LogP contribution in [0.2, 0.25) is 0 Å². The van der Waals surface area contributed by atoms with Crippen LogP contribution in [-0.2, 0) is 9.84 Å². The fraction of sp³-hybridized carbons (Fsp3) is 0.500. The molecule has 188 valence electrons. The largest absolute Gasteiger partial charge is 0.391 e. The molecule has 0 unspecified atom stereocenters. The van der Waals surface area contributed by atoms with E-state index in [1.165, 1.54) is 0 Å². The molecule has 2 aromatic rings. The van der Waals surface area contributed by atoms with Gasteiger partial charge in [-0.2, -0.15) is 18.4 Å². The molecule has 9 heteroatoms. The van der Waals surface area contributed by atoms with Crippen molar-refractivity contribution >= 4 is 15.5 Å². The number of alkyl halides is 3. The van der Waals surface area contributed by atoms with Gasteiger partial charge >= 0.3 is 6.18 Å². The third kappa shape index (κ3) is 5.99. The van der Waals surface area contributed by atoms with Crippen LogP contribution in [0.5, 0.6) is 0 Å². The van der Waals surface area contributed by atoms with Gasteiger partial charge in [0.05, 0.1) is 22.4 Å². The second-order valence-electron chi connectivity index (χ2n) is 9.69. The molecular formula is C26H30F3N3O2S. The van der Waals surface area contributed by atoms with Crippen LogP contribution in [0.3, 0.4) is 0 Å². The summed E-state index contributed by atoms with van der Waals surface area (Å²) in [6.45, 7) is 2.75. The van der Waals surface area contributed by atoms with E-state index >= 15 is 0 Å². The lowest BCUT2D eigenvalue weighted by atomic mass is 9.81. The lowest BCUT2D eigenvalue weighted by Gasteiger charge is -2.45. The summed E-state index contributed by atoms with van der Waals surface area (Å²) >= 11 is 0. The van der Waals surface area contributed by atoms with Crippen LogP contribution in [0.1, 0.15) is 42.9 Å². The molecule has 0 spiro atoms. The van der Waals surface area contributed by atoms with Gasteiger partial charge in [-0.15, -0.1) is 0 Å². The number of hydrogen-bond donors (Lipinski definition) is 0. The highest BCUT2D eigenvalue weighted by Gasteiger charge is 2.42. The zero-order valence-corrected chi connectivity index (χ0v) is 20.5. The zero-order chi connectivity index (χ0) is 25.2. The fourth-order valence-electron chi connectivity index (χ4n) is 5.38. The Kier molecular flexibility index (Phi) is 7.43. The highest BCUT2D eigenvalue weighted by Crippen LogP contribution is 2.40. The van der Waals surface area contributed by atoms with E-state index in [1.54, 1.807) is 18.2 Å². The van der Waals surface area contributed by atoms with Crippen LogP contribution < -0.4 is 4.90 Å². The Hall–Kier alpha value is -2.57. The number of nitrogens with zero attached hydrogens (tertiary/aromatic N) is 3. The molecule has 1 aliphatic heterocycles. The molecule has 1 saturated carbocycles. The first-order valence-corrected chi connectivity index (χ1v) is 13.8. The number of anilines is 1. The van der Waals surface area contributed by atoms with Gasteiger partial charge < -0.3 is 4.90 Å². The smallest absolute Gasteiger partial charge is 0.368 e. The molecule has 0 aromatic heterocycles. The minimum atomic E-state index is -4.10. The number of piperazine rings is 1. The molecule has 0 amide bonds. The Labute approximate surface area is 205 Å². The normalized spacial score (nSPS) is 24.2. The summed E-state index contributed by atoms with van der Waals surface area (Å²) in [6.07, 6.45) is -1.44. The molecule has 2 fully saturated rings. The first-order chi connectivity index (χ1) is 16.6. The van der Waals surface area contributed by atoms with Crippen LogP contribution in [0.25, 0.3) is 0 Å². The lowest BCUT2D eigenvalue weighted by molar-refractivity contribution is -0.184. The average molecular weight is 506 g/mol. The molecule has 0 radical (unpaired) electrons. The Bertz CT molecular complexity index is 1170. The van der Waals surface area contributed by atoms with Gasteiger partial charge in [0.25, 0.3) is 0 Å². The first kappa shape index (κ1) is 25.5. The Balaban J connectivity index is 1.53. The second kappa shape index (κ2) is 10.2. The van der Waals surface area contributed by atoms with E-state index in [0.717, 1.165) is 24.1 Å². The monoisotopic (exact) mass is 505 g/mol. The molecule has 35 heavy (non-hydrogen) atoms. The maximum absolute atomic E-state index is 13.1. The van der Waals surface area contributed by atoms with Crippen LogP contribution >= 0.6 is 0 Å². The fourth-order valence-corrected chi connectivity index (χ4v) is 6.22. The highest BCUT2D eigenvalue weighted by atomic mass is 32.2. The van der Waals surface area contributed by atoms with Crippen molar-refractivity contribution in [1.82, 2.24) is 4.90 Å². The van der Waals surface area contributed by atoms with E-state index < -0.39 is 21.9 Å². The SMILES string of the molecule is CS(=O)(=O)c1cc(N2CCN(CC3CCC(C(F)(F)F)CC3)[C@@H](c3ccccc3)C2)ccc1C#N. The molecule has 1 atom stereocenters. The van der Waals surface area contributed by atoms with Gasteiger partial charge in [-0.3, -0.25) is 4.90 Å². The van der Waals surface area contributed by atoms with Crippen molar-refractivity contribution < 1.29 is 21.6 Å². The van der Waals surface area contributed by atoms with Gasteiger partial charge in [0.1, 0.15) is 6.07 Å². The predicted molar refractivity (Wildman–Crippen MR) is 129 cm³/mol. The standard InChI is InChI=1S/C26H30F3N3O2S/c1-35(33,34)25-15-23(12-9-21(25)16-30)31-13-14-32(24(18-31)20-5-3-2-4-6-20)17-19-7-10-22(11-8-19)26(27,28)29/h2-6,9,12,15,19,22,24H,7-8,10-11,13-14,17-18H2,1H3/t19?,22?,24-/m1/s1. The van der Waals surface area contributed by atoms with E-state index in [9.17, 15) is 26.9 Å². The lowest BCUT2D eigenvalue weighted by Crippen LogP contribution is -2.50. The summed E-state index contributed by atoms with van der Waals surface area (Å²) < 4.78 is 63.8. The summed E-state index contributed by atoms with van der Waals surface area (Å²) in [5.41, 5.74) is 2.00. The molecule has 1 aliphatic carbocycles. The van der Waals surface area contributed by atoms with Crippen molar-refractivity contribution in [1.29, 1.82) is 5.26 Å². The van der Waals surface area contributed by atoms with Crippen LogP contribution in [0, 0.1) is 23.2 Å². The summed E-state index contributed by atoms with van der Waals surface area (Å²) in [7, 11) is -3.56. The van der Waals surface area contributed by atoms with Gasteiger partial charge in [-0.05, 0) is 55.4 Å². The minimum absolute atomic E-state index is 0.0256. The van der Waals surface area contributed by atoms with Gasteiger partial charge in [-0.25, -0.2) is 8.42 Å². The van der Waals surface area contributed by atoms with Crippen molar-refractivity contribution in [2.75, 3.05) is 37.3 Å². The quantitative estimate of drug-likeness (QED) is 0.559. The van der Waals surface area contributed by atoms with E-state index in [4.69, 9.17) is 0 Å². The maximum atomic E-state index is 13.1.